The molecule has 14 heavy (non-hydrogen) atoms. The highest BCUT2D eigenvalue weighted by Crippen LogP contribution is 2.23. The molecule has 0 N–H and O–H groups in total. The predicted molar refractivity (Wildman–Crippen MR) is 48.4 cm³/mol. The fourth-order valence-electron chi connectivity index (χ4n) is 1.21. The first kappa shape index (κ1) is 8.81. The van der Waals surface area contributed by atoms with Crippen molar-refractivity contribution in [3.63, 3.8) is 0 Å². The molecular formula is C11H6F2N. The van der Waals surface area contributed by atoms with Crippen LogP contribution in [-0.4, -0.2) is 4.98 Å². The fraction of sp³-hybridized carbons (Fsp3) is 0. The van der Waals surface area contributed by atoms with Gasteiger partial charge in [0.1, 0.15) is 11.6 Å². The molecule has 2 aromatic rings. The Morgan fingerprint density at radius 1 is 1.07 bits per heavy atom. The van der Waals surface area contributed by atoms with Crippen LogP contribution in [0.25, 0.3) is 11.3 Å². The summed E-state index contributed by atoms with van der Waals surface area (Å²) in [5, 5.41) is 0. The van der Waals surface area contributed by atoms with Gasteiger partial charge in [0.25, 0.3) is 0 Å². The number of hydrogen-bond donors (Lipinski definition) is 0. The zero-order chi connectivity index (χ0) is 9.97. The second-order valence-corrected chi connectivity index (χ2v) is 2.74. The van der Waals surface area contributed by atoms with Gasteiger partial charge in [-0.1, -0.05) is 12.1 Å². The van der Waals surface area contributed by atoms with Gasteiger partial charge in [-0.25, -0.2) is 8.78 Å². The van der Waals surface area contributed by atoms with Gasteiger partial charge in [-0.15, -0.1) is 0 Å². The molecule has 1 aromatic carbocycles. The van der Waals surface area contributed by atoms with Crippen molar-refractivity contribution in [2.75, 3.05) is 0 Å². The van der Waals surface area contributed by atoms with E-state index in [1.165, 1.54) is 30.5 Å². The van der Waals surface area contributed by atoms with Gasteiger partial charge in [0.05, 0.1) is 11.3 Å². The molecular weight excluding hydrogens is 184 g/mol. The Morgan fingerprint density at radius 2 is 1.79 bits per heavy atom. The Balaban J connectivity index is 2.63. The predicted octanol–water partition coefficient (Wildman–Crippen LogP) is 2.83. The van der Waals surface area contributed by atoms with Crippen LogP contribution in [-0.2, 0) is 0 Å². The monoisotopic (exact) mass is 190 g/mol. The molecule has 0 bridgehead atoms. The molecule has 0 saturated heterocycles. The third kappa shape index (κ3) is 1.48. The van der Waals surface area contributed by atoms with Crippen molar-refractivity contribution in [2.24, 2.45) is 0 Å². The van der Waals surface area contributed by atoms with E-state index in [2.05, 4.69) is 11.1 Å². The van der Waals surface area contributed by atoms with Crippen LogP contribution in [0.4, 0.5) is 8.78 Å². The lowest BCUT2D eigenvalue weighted by atomic mass is 10.1. The van der Waals surface area contributed by atoms with E-state index in [0.717, 1.165) is 0 Å². The fourth-order valence-corrected chi connectivity index (χ4v) is 1.21. The minimum atomic E-state index is -0.608. The standard InChI is InChI=1S/C11H6F2N/c12-8-4-3-5-9(13)11(8)10-6-1-2-7-14-10/h1,3-7H. The third-order valence-corrected chi connectivity index (χ3v) is 1.83. The lowest BCUT2D eigenvalue weighted by Crippen LogP contribution is -1.91. The molecule has 0 saturated carbocycles. The Labute approximate surface area is 80.0 Å². The van der Waals surface area contributed by atoms with Crippen LogP contribution >= 0.6 is 0 Å². The van der Waals surface area contributed by atoms with E-state index >= 15 is 0 Å². The molecule has 0 aliphatic heterocycles. The van der Waals surface area contributed by atoms with Gasteiger partial charge in [0.15, 0.2) is 0 Å². The first-order valence-electron chi connectivity index (χ1n) is 4.05. The molecule has 2 rings (SSSR count). The largest absolute Gasteiger partial charge is 0.255 e. The molecule has 0 amide bonds. The van der Waals surface area contributed by atoms with E-state index in [1.54, 1.807) is 6.07 Å². The Hall–Kier alpha value is -1.77. The maximum Gasteiger partial charge on any atom is 0.135 e. The summed E-state index contributed by atoms with van der Waals surface area (Å²) in [5.74, 6) is -1.22. The normalized spacial score (nSPS) is 10.1. The van der Waals surface area contributed by atoms with Crippen LogP contribution in [0.15, 0.2) is 36.5 Å². The molecule has 69 valence electrons. The molecule has 0 fully saturated rings. The van der Waals surface area contributed by atoms with Crippen LogP contribution in [0.2, 0.25) is 0 Å². The van der Waals surface area contributed by atoms with Gasteiger partial charge >= 0.3 is 0 Å². The summed E-state index contributed by atoms with van der Waals surface area (Å²) in [6, 6.07) is 9.50. The van der Waals surface area contributed by atoms with Crippen molar-refractivity contribution < 1.29 is 8.78 Å². The summed E-state index contributed by atoms with van der Waals surface area (Å²) in [4.78, 5) is 3.84. The minimum Gasteiger partial charge on any atom is -0.255 e. The lowest BCUT2D eigenvalue weighted by molar-refractivity contribution is 0.588. The van der Waals surface area contributed by atoms with Crippen LogP contribution in [0.5, 0.6) is 0 Å². The van der Waals surface area contributed by atoms with Crippen molar-refractivity contribution in [3.8, 4) is 11.3 Å². The van der Waals surface area contributed by atoms with Crippen molar-refractivity contribution in [3.05, 3.63) is 54.2 Å². The van der Waals surface area contributed by atoms with Crippen molar-refractivity contribution in [1.82, 2.24) is 4.98 Å². The molecule has 0 unspecified atom stereocenters. The SMILES string of the molecule is Fc1cccc(F)c1-c1cc[c]cn1. The van der Waals surface area contributed by atoms with Crippen LogP contribution in [0, 0.1) is 17.7 Å². The second kappa shape index (κ2) is 3.54. The zero-order valence-electron chi connectivity index (χ0n) is 7.17. The van der Waals surface area contributed by atoms with E-state index in [1.807, 2.05) is 0 Å². The van der Waals surface area contributed by atoms with Crippen molar-refractivity contribution in [2.45, 2.75) is 0 Å². The molecule has 1 heterocycles. The molecule has 1 aromatic heterocycles. The summed E-state index contributed by atoms with van der Waals surface area (Å²) in [5.41, 5.74) is 0.181. The first-order chi connectivity index (χ1) is 6.79. The maximum atomic E-state index is 13.2. The van der Waals surface area contributed by atoms with E-state index in [9.17, 15) is 8.78 Å². The highest BCUT2D eigenvalue weighted by atomic mass is 19.1. The third-order valence-electron chi connectivity index (χ3n) is 1.83. The molecule has 1 radical (unpaired) electrons. The summed E-state index contributed by atoms with van der Waals surface area (Å²) in [6.07, 6.45) is 1.38. The van der Waals surface area contributed by atoms with Gasteiger partial charge in [-0.2, -0.15) is 0 Å². The second-order valence-electron chi connectivity index (χ2n) is 2.74. The number of hydrogen-bond acceptors (Lipinski definition) is 1. The number of pyridine rings is 1. The maximum absolute atomic E-state index is 13.2. The molecule has 0 aliphatic rings. The number of benzene rings is 1. The molecule has 3 heteroatoms. The summed E-state index contributed by atoms with van der Waals surface area (Å²) in [7, 11) is 0. The molecule has 0 spiro atoms. The molecule has 0 atom stereocenters. The Morgan fingerprint density at radius 3 is 2.36 bits per heavy atom. The number of rotatable bonds is 1. The smallest absolute Gasteiger partial charge is 0.135 e. The van der Waals surface area contributed by atoms with Gasteiger partial charge in [0, 0.05) is 12.3 Å². The summed E-state index contributed by atoms with van der Waals surface area (Å²) in [6.45, 7) is 0. The van der Waals surface area contributed by atoms with Crippen LogP contribution in [0.1, 0.15) is 0 Å². The summed E-state index contributed by atoms with van der Waals surface area (Å²) >= 11 is 0. The topological polar surface area (TPSA) is 12.9 Å². The first-order valence-corrected chi connectivity index (χ1v) is 4.05. The van der Waals surface area contributed by atoms with Crippen LogP contribution < -0.4 is 0 Å². The number of nitrogens with zero attached hydrogens (tertiary/aromatic N) is 1. The van der Waals surface area contributed by atoms with Gasteiger partial charge in [0.2, 0.25) is 0 Å². The average molecular weight is 190 g/mol. The van der Waals surface area contributed by atoms with Crippen molar-refractivity contribution in [1.29, 1.82) is 0 Å². The lowest BCUT2D eigenvalue weighted by Gasteiger charge is -2.02. The average Bonchev–Trinajstić information content (AvgIpc) is 2.19. The van der Waals surface area contributed by atoms with E-state index < -0.39 is 11.6 Å². The zero-order valence-corrected chi connectivity index (χ0v) is 7.17. The molecule has 1 nitrogen and oxygen atoms in total. The van der Waals surface area contributed by atoms with Crippen molar-refractivity contribution >= 4 is 0 Å². The highest BCUT2D eigenvalue weighted by Gasteiger charge is 2.10. The van der Waals surface area contributed by atoms with Gasteiger partial charge < -0.3 is 0 Å². The Bertz CT molecular complexity index is 420. The van der Waals surface area contributed by atoms with Gasteiger partial charge in [-0.05, 0) is 18.2 Å². The number of halogens is 2. The van der Waals surface area contributed by atoms with Gasteiger partial charge in [-0.3, -0.25) is 4.98 Å². The number of aromatic nitrogens is 1. The van der Waals surface area contributed by atoms with E-state index in [0.29, 0.717) is 0 Å². The summed E-state index contributed by atoms with van der Waals surface area (Å²) < 4.78 is 26.5. The van der Waals surface area contributed by atoms with E-state index in [4.69, 9.17) is 0 Å². The molecule has 0 aliphatic carbocycles. The van der Waals surface area contributed by atoms with E-state index in [-0.39, 0.29) is 11.3 Å². The quantitative estimate of drug-likeness (QED) is 0.673. The van der Waals surface area contributed by atoms with Crippen LogP contribution in [0.3, 0.4) is 0 Å². The Kier molecular flexibility index (Phi) is 2.23. The highest BCUT2D eigenvalue weighted by molar-refractivity contribution is 5.60. The minimum absolute atomic E-state index is 0.0958.